The maximum atomic E-state index is 6.44. The van der Waals surface area contributed by atoms with Gasteiger partial charge in [0.2, 0.25) is 0 Å². The van der Waals surface area contributed by atoms with Gasteiger partial charge < -0.3 is 5.32 Å². The highest BCUT2D eigenvalue weighted by Gasteiger charge is 2.41. The molecule has 0 aliphatic carbocycles. The first-order valence-electron chi connectivity index (χ1n) is 4.21. The van der Waals surface area contributed by atoms with Crippen molar-refractivity contribution in [3.8, 4) is 0 Å². The summed E-state index contributed by atoms with van der Waals surface area (Å²) in [5.74, 6) is 0. The Hall–Kier alpha value is -0.310. The molecule has 0 fully saturated rings. The number of allylic oxidation sites excluding steroid dienone is 5. The van der Waals surface area contributed by atoms with E-state index in [9.17, 15) is 0 Å². The highest BCUT2D eigenvalue weighted by atomic mass is 35.5. The Kier molecular flexibility index (Phi) is 2.96. The van der Waals surface area contributed by atoms with Gasteiger partial charge in [-0.25, -0.2) is 0 Å². The summed E-state index contributed by atoms with van der Waals surface area (Å²) in [5.41, 5.74) is 0.916. The van der Waals surface area contributed by atoms with E-state index < -0.39 is 4.21 Å². The van der Waals surface area contributed by atoms with E-state index in [1.165, 1.54) is 11.8 Å². The Labute approximate surface area is 97.5 Å². The molecule has 0 saturated heterocycles. The van der Waals surface area contributed by atoms with Crippen LogP contribution in [-0.4, -0.2) is 9.58 Å². The first-order valence-corrected chi connectivity index (χ1v) is 5.91. The highest BCUT2D eigenvalue weighted by molar-refractivity contribution is 8.05. The van der Waals surface area contributed by atoms with Gasteiger partial charge in [-0.2, -0.15) is 0 Å². The first kappa shape index (κ1) is 10.2. The van der Waals surface area contributed by atoms with Crippen LogP contribution in [0.1, 0.15) is 0 Å². The summed E-state index contributed by atoms with van der Waals surface area (Å²) in [6.45, 7) is 0. The molecule has 0 saturated carbocycles. The standard InChI is InChI=1S/C10H9Cl2NS/c11-8-5-7-14-10(8,12)9-4-2-1-3-6-13-9/h1-8,13H. The lowest BCUT2D eigenvalue weighted by Gasteiger charge is -2.26. The summed E-state index contributed by atoms with van der Waals surface area (Å²) < 4.78 is -0.597. The normalized spacial score (nSPS) is 35.3. The number of rotatable bonds is 1. The maximum absolute atomic E-state index is 6.44. The molecule has 2 atom stereocenters. The molecule has 2 heterocycles. The third kappa shape index (κ3) is 1.74. The monoisotopic (exact) mass is 245 g/mol. The molecule has 0 aromatic heterocycles. The zero-order valence-corrected chi connectivity index (χ0v) is 9.61. The van der Waals surface area contributed by atoms with Crippen LogP contribution in [0.3, 0.4) is 0 Å². The smallest absolute Gasteiger partial charge is 0.153 e. The third-order valence-electron chi connectivity index (χ3n) is 2.03. The molecule has 4 heteroatoms. The van der Waals surface area contributed by atoms with Gasteiger partial charge in [0, 0.05) is 11.9 Å². The number of halogens is 2. The molecule has 2 rings (SSSR count). The van der Waals surface area contributed by atoms with Gasteiger partial charge in [-0.1, -0.05) is 29.8 Å². The Morgan fingerprint density at radius 1 is 1.36 bits per heavy atom. The molecule has 74 valence electrons. The van der Waals surface area contributed by atoms with Gasteiger partial charge in [0.1, 0.15) is 0 Å². The Morgan fingerprint density at radius 2 is 2.21 bits per heavy atom. The van der Waals surface area contributed by atoms with Gasteiger partial charge in [-0.3, -0.25) is 0 Å². The Balaban J connectivity index is 2.26. The second kappa shape index (κ2) is 4.05. The molecule has 1 N–H and O–H groups in total. The molecular weight excluding hydrogens is 237 g/mol. The van der Waals surface area contributed by atoms with Crippen LogP contribution in [0.4, 0.5) is 0 Å². The van der Waals surface area contributed by atoms with Gasteiger partial charge in [-0.15, -0.1) is 23.4 Å². The molecule has 0 bridgehead atoms. The summed E-state index contributed by atoms with van der Waals surface area (Å²) in [6.07, 6.45) is 11.5. The summed E-state index contributed by atoms with van der Waals surface area (Å²) in [5, 5.41) is 4.88. The summed E-state index contributed by atoms with van der Waals surface area (Å²) >= 11 is 14.1. The lowest BCUT2D eigenvalue weighted by molar-refractivity contribution is 0.860. The largest absolute Gasteiger partial charge is 0.363 e. The quantitative estimate of drug-likeness (QED) is 0.712. The lowest BCUT2D eigenvalue weighted by Crippen LogP contribution is -2.32. The van der Waals surface area contributed by atoms with Gasteiger partial charge in [0.05, 0.1) is 5.38 Å². The average molecular weight is 246 g/mol. The number of hydrogen-bond acceptors (Lipinski definition) is 2. The molecule has 0 radical (unpaired) electrons. The van der Waals surface area contributed by atoms with E-state index in [1.54, 1.807) is 0 Å². The lowest BCUT2D eigenvalue weighted by atomic mass is 10.2. The number of thioether (sulfide) groups is 1. The van der Waals surface area contributed by atoms with Crippen molar-refractivity contribution in [3.63, 3.8) is 0 Å². The van der Waals surface area contributed by atoms with E-state index in [0.29, 0.717) is 0 Å². The van der Waals surface area contributed by atoms with Gasteiger partial charge in [-0.05, 0) is 17.6 Å². The maximum Gasteiger partial charge on any atom is 0.153 e. The zero-order chi connectivity index (χ0) is 10.0. The van der Waals surface area contributed by atoms with E-state index in [2.05, 4.69) is 5.32 Å². The van der Waals surface area contributed by atoms with Crippen molar-refractivity contribution in [1.29, 1.82) is 0 Å². The van der Waals surface area contributed by atoms with Crippen molar-refractivity contribution in [2.75, 3.05) is 0 Å². The second-order valence-electron chi connectivity index (χ2n) is 2.96. The van der Waals surface area contributed by atoms with Crippen molar-refractivity contribution >= 4 is 35.0 Å². The molecule has 0 aromatic rings. The highest BCUT2D eigenvalue weighted by Crippen LogP contribution is 2.47. The number of alkyl halides is 2. The minimum atomic E-state index is -0.597. The van der Waals surface area contributed by atoms with E-state index in [-0.39, 0.29) is 5.38 Å². The van der Waals surface area contributed by atoms with Crippen LogP contribution in [0.15, 0.2) is 47.7 Å². The number of hydrogen-bond donors (Lipinski definition) is 1. The fourth-order valence-corrected chi connectivity index (χ4v) is 2.95. The summed E-state index contributed by atoms with van der Waals surface area (Å²) in [4.78, 5) is 0. The molecule has 2 aliphatic heterocycles. The minimum absolute atomic E-state index is 0.187. The SMILES string of the molecule is ClC1C=CSC1(Cl)C1=CC=CC=CN1. The average Bonchev–Trinajstić information content (AvgIpc) is 2.47. The van der Waals surface area contributed by atoms with Crippen LogP contribution in [0.25, 0.3) is 0 Å². The predicted octanol–water partition coefficient (Wildman–Crippen LogP) is 3.35. The summed E-state index contributed by atoms with van der Waals surface area (Å²) in [6, 6.07) is 0. The fraction of sp³-hybridized carbons (Fsp3) is 0.200. The van der Waals surface area contributed by atoms with E-state index in [4.69, 9.17) is 23.2 Å². The molecule has 1 nitrogen and oxygen atoms in total. The van der Waals surface area contributed by atoms with E-state index >= 15 is 0 Å². The first-order chi connectivity index (χ1) is 6.73. The molecule has 0 amide bonds. The molecule has 2 aliphatic rings. The minimum Gasteiger partial charge on any atom is -0.363 e. The van der Waals surface area contributed by atoms with Crippen LogP contribution in [0, 0.1) is 0 Å². The topological polar surface area (TPSA) is 12.0 Å². The number of nitrogens with one attached hydrogen (secondary N) is 1. The zero-order valence-electron chi connectivity index (χ0n) is 7.28. The van der Waals surface area contributed by atoms with Crippen LogP contribution in [-0.2, 0) is 0 Å². The van der Waals surface area contributed by atoms with Gasteiger partial charge in [0.25, 0.3) is 0 Å². The van der Waals surface area contributed by atoms with Crippen LogP contribution in [0.5, 0.6) is 0 Å². The van der Waals surface area contributed by atoms with Crippen molar-refractivity contribution < 1.29 is 0 Å². The van der Waals surface area contributed by atoms with E-state index in [1.807, 2.05) is 42.0 Å². The van der Waals surface area contributed by atoms with Crippen molar-refractivity contribution in [2.45, 2.75) is 9.58 Å². The van der Waals surface area contributed by atoms with E-state index in [0.717, 1.165) is 5.70 Å². The van der Waals surface area contributed by atoms with Crippen molar-refractivity contribution in [3.05, 3.63) is 47.7 Å². The predicted molar refractivity (Wildman–Crippen MR) is 64.5 cm³/mol. The van der Waals surface area contributed by atoms with Crippen LogP contribution >= 0.6 is 35.0 Å². The molecule has 14 heavy (non-hydrogen) atoms. The third-order valence-corrected chi connectivity index (χ3v) is 4.56. The molecule has 0 spiro atoms. The fourth-order valence-electron chi connectivity index (χ4n) is 1.28. The van der Waals surface area contributed by atoms with Crippen LogP contribution in [0.2, 0.25) is 0 Å². The Morgan fingerprint density at radius 3 is 2.93 bits per heavy atom. The summed E-state index contributed by atoms with van der Waals surface area (Å²) in [7, 11) is 0. The van der Waals surface area contributed by atoms with Crippen molar-refractivity contribution in [1.82, 2.24) is 5.32 Å². The van der Waals surface area contributed by atoms with Crippen molar-refractivity contribution in [2.24, 2.45) is 0 Å². The molecule has 0 aromatic carbocycles. The van der Waals surface area contributed by atoms with Gasteiger partial charge in [0.15, 0.2) is 4.21 Å². The van der Waals surface area contributed by atoms with Crippen LogP contribution < -0.4 is 5.32 Å². The molecule has 2 unspecified atom stereocenters. The van der Waals surface area contributed by atoms with Gasteiger partial charge >= 0.3 is 0 Å². The Bertz CT molecular complexity index is 346. The molecular formula is C10H9Cl2NS. The second-order valence-corrected chi connectivity index (χ2v) is 5.40.